The van der Waals surface area contributed by atoms with Gasteiger partial charge >= 0.3 is 0 Å². The molecular weight excluding hydrogens is 379 g/mol. The first-order valence-electron chi connectivity index (χ1n) is 8.67. The van der Waals surface area contributed by atoms with Crippen LogP contribution >= 0.6 is 11.8 Å². The van der Waals surface area contributed by atoms with E-state index in [0.29, 0.717) is 29.3 Å². The second-order valence-electron chi connectivity index (χ2n) is 6.38. The van der Waals surface area contributed by atoms with E-state index >= 15 is 0 Å². The van der Waals surface area contributed by atoms with Gasteiger partial charge in [0.1, 0.15) is 5.82 Å². The summed E-state index contributed by atoms with van der Waals surface area (Å²) in [5.41, 5.74) is 6.41. The van der Waals surface area contributed by atoms with Crippen molar-refractivity contribution >= 4 is 22.7 Å². The fourth-order valence-electron chi connectivity index (χ4n) is 3.00. The Hall–Kier alpha value is -2.48. The molecule has 0 unspecified atom stereocenters. The maximum absolute atomic E-state index is 14.5. The van der Waals surface area contributed by atoms with Crippen LogP contribution in [0.5, 0.6) is 5.88 Å². The summed E-state index contributed by atoms with van der Waals surface area (Å²) in [5, 5.41) is 0.450. The van der Waals surface area contributed by atoms with Gasteiger partial charge < -0.3 is 10.5 Å². The summed E-state index contributed by atoms with van der Waals surface area (Å²) >= 11 is 1.46. The van der Waals surface area contributed by atoms with Crippen molar-refractivity contribution in [3.05, 3.63) is 53.2 Å². The molecule has 8 heteroatoms. The van der Waals surface area contributed by atoms with Crippen LogP contribution in [-0.2, 0) is 12.0 Å². The molecule has 1 aromatic carbocycles. The Morgan fingerprint density at radius 3 is 2.82 bits per heavy atom. The molecular formula is C20H25FN4O2S. The lowest BCUT2D eigenvalue weighted by Crippen LogP contribution is -2.29. The van der Waals surface area contributed by atoms with Gasteiger partial charge in [-0.1, -0.05) is 25.3 Å². The maximum Gasteiger partial charge on any atom is 0.243 e. The fraction of sp³-hybridized carbons (Fsp3) is 0.400. The van der Waals surface area contributed by atoms with Crippen LogP contribution in [0.2, 0.25) is 0 Å². The zero-order valence-corrected chi connectivity index (χ0v) is 16.1. The van der Waals surface area contributed by atoms with Crippen molar-refractivity contribution in [2.24, 2.45) is 10.7 Å². The molecule has 1 aliphatic rings. The van der Waals surface area contributed by atoms with E-state index in [1.165, 1.54) is 30.2 Å². The molecule has 1 aliphatic heterocycles. The molecule has 3 rings (SSSR count). The molecule has 0 saturated heterocycles. The second kappa shape index (κ2) is 9.14. The summed E-state index contributed by atoms with van der Waals surface area (Å²) in [4.78, 5) is 25.3. The summed E-state index contributed by atoms with van der Waals surface area (Å²) < 4.78 is 19.9. The largest absolute Gasteiger partial charge is 0.476 e. The standard InChI is InChI=1S/C19H21FN4O2S.CH4/c1-3-26-17-16(22-7-8-23-17)15(25)11-12-4-5-14(20)13(10-12)19(2)6-9-27-18(21)24-19;/h4-5,7-8,10H,3,6,9,11H2,1-2H3,(H2,21,24);1H4/t19-;/m0./s1. The average molecular weight is 405 g/mol. The van der Waals surface area contributed by atoms with Crippen LogP contribution in [0, 0.1) is 5.82 Å². The molecule has 150 valence electrons. The van der Waals surface area contributed by atoms with E-state index in [0.717, 1.165) is 5.75 Å². The highest BCUT2D eigenvalue weighted by Gasteiger charge is 2.32. The van der Waals surface area contributed by atoms with Crippen LogP contribution in [0.15, 0.2) is 35.6 Å². The highest BCUT2D eigenvalue weighted by atomic mass is 32.2. The van der Waals surface area contributed by atoms with Gasteiger partial charge in [-0.3, -0.25) is 9.79 Å². The number of halogens is 1. The van der Waals surface area contributed by atoms with Crippen molar-refractivity contribution in [2.45, 2.75) is 39.7 Å². The molecule has 0 bridgehead atoms. The molecule has 1 aromatic heterocycles. The number of hydrogen-bond donors (Lipinski definition) is 1. The predicted molar refractivity (Wildman–Crippen MR) is 110 cm³/mol. The van der Waals surface area contributed by atoms with Crippen LogP contribution in [0.25, 0.3) is 0 Å². The number of amidine groups is 1. The number of ether oxygens (including phenoxy) is 1. The van der Waals surface area contributed by atoms with E-state index in [4.69, 9.17) is 10.5 Å². The zero-order chi connectivity index (χ0) is 19.4. The number of thioether (sulfide) groups is 1. The first kappa shape index (κ1) is 21.8. The number of nitrogens with zero attached hydrogens (tertiary/aromatic N) is 3. The molecule has 0 fully saturated rings. The monoisotopic (exact) mass is 404 g/mol. The molecule has 6 nitrogen and oxygen atoms in total. The van der Waals surface area contributed by atoms with Gasteiger partial charge in [-0.05, 0) is 38.0 Å². The quantitative estimate of drug-likeness (QED) is 0.738. The number of nitrogens with two attached hydrogens (primary N) is 1. The number of hydrogen-bond acceptors (Lipinski definition) is 7. The third-order valence-corrected chi connectivity index (χ3v) is 5.18. The van der Waals surface area contributed by atoms with Crippen LogP contribution in [0.1, 0.15) is 49.3 Å². The van der Waals surface area contributed by atoms with Crippen molar-refractivity contribution in [3.8, 4) is 5.88 Å². The minimum atomic E-state index is -0.735. The Morgan fingerprint density at radius 1 is 1.36 bits per heavy atom. The number of Topliss-reactive ketones (excluding diaryl/α,β-unsaturated/α-hetero) is 1. The number of ketones is 1. The van der Waals surface area contributed by atoms with Crippen molar-refractivity contribution < 1.29 is 13.9 Å². The molecule has 2 heterocycles. The van der Waals surface area contributed by atoms with Gasteiger partial charge in [0.15, 0.2) is 16.6 Å². The minimum absolute atomic E-state index is 0. The predicted octanol–water partition coefficient (Wildman–Crippen LogP) is 3.74. The Bertz CT molecular complexity index is 890. The maximum atomic E-state index is 14.5. The number of benzene rings is 1. The van der Waals surface area contributed by atoms with Crippen molar-refractivity contribution in [1.29, 1.82) is 0 Å². The van der Waals surface area contributed by atoms with Crippen LogP contribution in [0.4, 0.5) is 4.39 Å². The van der Waals surface area contributed by atoms with Gasteiger partial charge in [-0.15, -0.1) is 0 Å². The molecule has 2 N–H and O–H groups in total. The average Bonchev–Trinajstić information content (AvgIpc) is 2.63. The van der Waals surface area contributed by atoms with E-state index in [1.807, 2.05) is 13.8 Å². The lowest BCUT2D eigenvalue weighted by molar-refractivity contribution is 0.0983. The van der Waals surface area contributed by atoms with E-state index in [-0.39, 0.29) is 37.0 Å². The highest BCUT2D eigenvalue weighted by Crippen LogP contribution is 2.36. The SMILES string of the molecule is C.CCOc1nccnc1C(=O)Cc1ccc(F)c([C@]2(C)CCSC(N)=N2)c1. The third-order valence-electron chi connectivity index (χ3n) is 4.38. The molecule has 0 spiro atoms. The van der Waals surface area contributed by atoms with Gasteiger partial charge in [0.2, 0.25) is 5.88 Å². The van der Waals surface area contributed by atoms with Gasteiger partial charge in [0.25, 0.3) is 0 Å². The number of carbonyl (C=O) groups is 1. The summed E-state index contributed by atoms with van der Waals surface area (Å²) in [7, 11) is 0. The first-order chi connectivity index (χ1) is 12.9. The molecule has 1 atom stereocenters. The van der Waals surface area contributed by atoms with Gasteiger partial charge in [0, 0.05) is 30.1 Å². The Labute approximate surface area is 168 Å². The summed E-state index contributed by atoms with van der Waals surface area (Å²) in [6.07, 6.45) is 3.66. The zero-order valence-electron chi connectivity index (χ0n) is 15.2. The highest BCUT2D eigenvalue weighted by molar-refractivity contribution is 8.13. The first-order valence-corrected chi connectivity index (χ1v) is 9.65. The fourth-order valence-corrected chi connectivity index (χ4v) is 3.98. The third kappa shape index (κ3) is 4.67. The normalized spacial score (nSPS) is 18.8. The van der Waals surface area contributed by atoms with E-state index in [1.54, 1.807) is 12.1 Å². The lowest BCUT2D eigenvalue weighted by atomic mass is 9.87. The lowest BCUT2D eigenvalue weighted by Gasteiger charge is -2.30. The molecule has 2 aromatic rings. The van der Waals surface area contributed by atoms with Crippen molar-refractivity contribution in [1.82, 2.24) is 9.97 Å². The van der Waals surface area contributed by atoms with Crippen molar-refractivity contribution in [3.63, 3.8) is 0 Å². The van der Waals surface area contributed by atoms with E-state index in [2.05, 4.69) is 15.0 Å². The number of carbonyl (C=O) groups excluding carboxylic acids is 1. The molecule has 28 heavy (non-hydrogen) atoms. The van der Waals surface area contributed by atoms with Gasteiger partial charge in [-0.2, -0.15) is 0 Å². The molecule has 0 radical (unpaired) electrons. The Balaban J connectivity index is 0.00000280. The van der Waals surface area contributed by atoms with Gasteiger partial charge in [-0.25, -0.2) is 14.4 Å². The second-order valence-corrected chi connectivity index (χ2v) is 7.49. The molecule has 0 saturated carbocycles. The molecule has 0 amide bonds. The Kier molecular flexibility index (Phi) is 7.12. The van der Waals surface area contributed by atoms with Crippen LogP contribution in [0.3, 0.4) is 0 Å². The minimum Gasteiger partial charge on any atom is -0.476 e. The van der Waals surface area contributed by atoms with Gasteiger partial charge in [0.05, 0.1) is 12.1 Å². The summed E-state index contributed by atoms with van der Waals surface area (Å²) in [6.45, 7) is 4.06. The molecule has 0 aliphatic carbocycles. The topological polar surface area (TPSA) is 90.5 Å². The number of aromatic nitrogens is 2. The van der Waals surface area contributed by atoms with Crippen LogP contribution in [-0.4, -0.2) is 33.3 Å². The smallest absolute Gasteiger partial charge is 0.243 e. The number of rotatable bonds is 6. The van der Waals surface area contributed by atoms with E-state index in [9.17, 15) is 9.18 Å². The van der Waals surface area contributed by atoms with Crippen LogP contribution < -0.4 is 10.5 Å². The summed E-state index contributed by atoms with van der Waals surface area (Å²) in [5.74, 6) is 0.385. The van der Waals surface area contributed by atoms with E-state index < -0.39 is 5.54 Å². The summed E-state index contributed by atoms with van der Waals surface area (Å²) in [6, 6.07) is 4.66. The number of aliphatic imine (C=N–C) groups is 1. The van der Waals surface area contributed by atoms with Crippen molar-refractivity contribution in [2.75, 3.05) is 12.4 Å². The Morgan fingerprint density at radius 2 is 2.11 bits per heavy atom.